The van der Waals surface area contributed by atoms with Crippen LogP contribution in [-0.2, 0) is 14.6 Å². The molecule has 3 aromatic rings. The number of morpholine rings is 1. The standard InChI is InChI=1S/C22H25N3O4S2.ClH/c1-16-5-3-6-17(15-16)21(26)25(10-9-24-11-13-29-14-12-24)22-23-20-18(30-22)7-4-8-19(20)31(2,27)28;/h3-8,15H,9-14H2,1-2H3;1H. The molecule has 2 aromatic carbocycles. The second-order valence-electron chi connectivity index (χ2n) is 7.65. The van der Waals surface area contributed by atoms with Crippen molar-refractivity contribution in [2.45, 2.75) is 11.8 Å². The lowest BCUT2D eigenvalue weighted by Gasteiger charge is -2.29. The van der Waals surface area contributed by atoms with Crippen LogP contribution in [0, 0.1) is 6.92 Å². The van der Waals surface area contributed by atoms with Crippen molar-refractivity contribution in [2.24, 2.45) is 0 Å². The number of ether oxygens (including phenoxy) is 1. The molecule has 1 aliphatic rings. The summed E-state index contributed by atoms with van der Waals surface area (Å²) < 4.78 is 30.6. The number of hydrogen-bond donors (Lipinski definition) is 0. The SMILES string of the molecule is Cc1cccc(C(=O)N(CCN2CCOCC2)c2nc3c(S(C)(=O)=O)cccc3s2)c1.Cl. The number of nitrogens with zero attached hydrogens (tertiary/aromatic N) is 3. The van der Waals surface area contributed by atoms with Gasteiger partial charge in [0, 0.05) is 38.0 Å². The number of carbonyl (C=O) groups excluding carboxylic acids is 1. The lowest BCUT2D eigenvalue weighted by atomic mass is 10.1. The van der Waals surface area contributed by atoms with Crippen LogP contribution in [0.4, 0.5) is 5.13 Å². The number of amides is 1. The van der Waals surface area contributed by atoms with Crippen LogP contribution in [0.15, 0.2) is 47.4 Å². The molecule has 7 nitrogen and oxygen atoms in total. The molecule has 0 spiro atoms. The maximum atomic E-state index is 13.5. The van der Waals surface area contributed by atoms with Gasteiger partial charge in [-0.2, -0.15) is 0 Å². The third-order valence-corrected chi connectivity index (χ3v) is 7.43. The molecule has 0 aliphatic carbocycles. The van der Waals surface area contributed by atoms with E-state index in [2.05, 4.69) is 9.88 Å². The zero-order chi connectivity index (χ0) is 22.0. The van der Waals surface area contributed by atoms with Crippen LogP contribution >= 0.6 is 23.7 Å². The minimum Gasteiger partial charge on any atom is -0.379 e. The molecule has 2 heterocycles. The Labute approximate surface area is 198 Å². The largest absolute Gasteiger partial charge is 0.379 e. The number of rotatable bonds is 6. The summed E-state index contributed by atoms with van der Waals surface area (Å²) in [4.78, 5) is 22.2. The summed E-state index contributed by atoms with van der Waals surface area (Å²) in [7, 11) is -3.43. The van der Waals surface area contributed by atoms with E-state index < -0.39 is 9.84 Å². The normalized spacial score (nSPS) is 14.8. The van der Waals surface area contributed by atoms with Crippen molar-refractivity contribution >= 4 is 54.8 Å². The number of para-hydroxylation sites is 1. The van der Waals surface area contributed by atoms with Gasteiger partial charge in [-0.1, -0.05) is 35.1 Å². The van der Waals surface area contributed by atoms with Gasteiger partial charge in [0.2, 0.25) is 0 Å². The average molecular weight is 496 g/mol. The van der Waals surface area contributed by atoms with Gasteiger partial charge < -0.3 is 4.74 Å². The van der Waals surface area contributed by atoms with Gasteiger partial charge in [-0.3, -0.25) is 14.6 Å². The quantitative estimate of drug-likeness (QED) is 0.521. The number of aryl methyl sites for hydroxylation is 1. The maximum Gasteiger partial charge on any atom is 0.260 e. The van der Waals surface area contributed by atoms with Gasteiger partial charge in [0.1, 0.15) is 5.52 Å². The second-order valence-corrected chi connectivity index (χ2v) is 10.6. The van der Waals surface area contributed by atoms with E-state index in [4.69, 9.17) is 4.74 Å². The van der Waals surface area contributed by atoms with Crippen molar-refractivity contribution in [1.82, 2.24) is 9.88 Å². The Balaban J connectivity index is 0.00000289. The fraction of sp³-hybridized carbons (Fsp3) is 0.364. The van der Waals surface area contributed by atoms with E-state index in [0.717, 1.165) is 23.4 Å². The molecule has 0 atom stereocenters. The Morgan fingerprint density at radius 2 is 1.91 bits per heavy atom. The fourth-order valence-electron chi connectivity index (χ4n) is 3.61. The molecule has 1 aromatic heterocycles. The first-order valence-electron chi connectivity index (χ1n) is 10.1. The molecule has 0 radical (unpaired) electrons. The summed E-state index contributed by atoms with van der Waals surface area (Å²) in [5.41, 5.74) is 2.01. The highest BCUT2D eigenvalue weighted by molar-refractivity contribution is 7.91. The third kappa shape index (κ3) is 5.47. The van der Waals surface area contributed by atoms with E-state index >= 15 is 0 Å². The van der Waals surface area contributed by atoms with E-state index in [-0.39, 0.29) is 23.2 Å². The maximum absolute atomic E-state index is 13.5. The molecule has 0 N–H and O–H groups in total. The molecule has 10 heteroatoms. The van der Waals surface area contributed by atoms with Crippen molar-refractivity contribution in [3.63, 3.8) is 0 Å². The zero-order valence-corrected chi connectivity index (χ0v) is 20.4. The highest BCUT2D eigenvalue weighted by Gasteiger charge is 2.24. The van der Waals surface area contributed by atoms with Gasteiger partial charge in [0.15, 0.2) is 15.0 Å². The van der Waals surface area contributed by atoms with Crippen LogP contribution in [0.3, 0.4) is 0 Å². The van der Waals surface area contributed by atoms with Crippen LogP contribution in [0.1, 0.15) is 15.9 Å². The average Bonchev–Trinajstić information content (AvgIpc) is 3.17. The molecule has 32 heavy (non-hydrogen) atoms. The Hall–Kier alpha value is -2.04. The number of thiazole rings is 1. The molecular weight excluding hydrogens is 470 g/mol. The summed E-state index contributed by atoms with van der Waals surface area (Å²) in [5, 5.41) is 0.505. The Morgan fingerprint density at radius 1 is 1.19 bits per heavy atom. The Morgan fingerprint density at radius 3 is 2.59 bits per heavy atom. The van der Waals surface area contributed by atoms with Gasteiger partial charge in [0.05, 0.1) is 22.8 Å². The molecule has 1 fully saturated rings. The van der Waals surface area contributed by atoms with E-state index in [0.29, 0.717) is 42.5 Å². The second kappa shape index (κ2) is 10.3. The fourth-order valence-corrected chi connectivity index (χ4v) is 5.52. The van der Waals surface area contributed by atoms with Crippen molar-refractivity contribution in [2.75, 3.05) is 50.5 Å². The van der Waals surface area contributed by atoms with Crippen LogP contribution in [-0.4, -0.2) is 69.9 Å². The number of anilines is 1. The van der Waals surface area contributed by atoms with Crippen LogP contribution in [0.25, 0.3) is 10.2 Å². The number of fused-ring (bicyclic) bond motifs is 1. The molecule has 0 unspecified atom stereocenters. The van der Waals surface area contributed by atoms with Gasteiger partial charge in [-0.25, -0.2) is 13.4 Å². The summed E-state index contributed by atoms with van der Waals surface area (Å²) in [5.74, 6) is -0.142. The van der Waals surface area contributed by atoms with Crippen LogP contribution in [0.5, 0.6) is 0 Å². The Kier molecular flexibility index (Phi) is 7.89. The molecule has 1 saturated heterocycles. The first-order chi connectivity index (χ1) is 14.8. The first kappa shape index (κ1) is 24.6. The predicted octanol–water partition coefficient (Wildman–Crippen LogP) is 3.41. The topological polar surface area (TPSA) is 79.8 Å². The summed E-state index contributed by atoms with van der Waals surface area (Å²) in [6, 6.07) is 12.6. The van der Waals surface area contributed by atoms with Crippen LogP contribution in [0.2, 0.25) is 0 Å². The molecule has 0 bridgehead atoms. The first-order valence-corrected chi connectivity index (χ1v) is 12.8. The highest BCUT2D eigenvalue weighted by atomic mass is 35.5. The molecule has 4 rings (SSSR count). The summed E-state index contributed by atoms with van der Waals surface area (Å²) >= 11 is 1.34. The Bertz CT molecular complexity index is 1210. The number of aromatic nitrogens is 1. The number of hydrogen-bond acceptors (Lipinski definition) is 7. The summed E-state index contributed by atoms with van der Waals surface area (Å²) in [6.07, 6.45) is 1.18. The van der Waals surface area contributed by atoms with Gasteiger partial charge in [-0.05, 0) is 31.2 Å². The molecular formula is C22H26ClN3O4S2. The van der Waals surface area contributed by atoms with Crippen molar-refractivity contribution in [1.29, 1.82) is 0 Å². The minimum atomic E-state index is -3.43. The summed E-state index contributed by atoms with van der Waals surface area (Å²) in [6.45, 7) is 6.12. The van der Waals surface area contributed by atoms with E-state index in [1.54, 1.807) is 23.1 Å². The third-order valence-electron chi connectivity index (χ3n) is 5.25. The predicted molar refractivity (Wildman–Crippen MR) is 130 cm³/mol. The molecule has 1 amide bonds. The molecule has 1 aliphatic heterocycles. The number of sulfone groups is 1. The molecule has 172 valence electrons. The smallest absolute Gasteiger partial charge is 0.260 e. The van der Waals surface area contributed by atoms with Crippen molar-refractivity contribution < 1.29 is 17.9 Å². The van der Waals surface area contributed by atoms with Crippen molar-refractivity contribution in [3.8, 4) is 0 Å². The zero-order valence-electron chi connectivity index (χ0n) is 18.0. The van der Waals surface area contributed by atoms with Gasteiger partial charge in [-0.15, -0.1) is 12.4 Å². The number of halogens is 1. The van der Waals surface area contributed by atoms with Crippen LogP contribution < -0.4 is 4.90 Å². The number of benzene rings is 2. The number of carbonyl (C=O) groups is 1. The lowest BCUT2D eigenvalue weighted by molar-refractivity contribution is 0.0391. The van der Waals surface area contributed by atoms with E-state index in [1.807, 2.05) is 31.2 Å². The van der Waals surface area contributed by atoms with Crippen molar-refractivity contribution in [3.05, 3.63) is 53.6 Å². The van der Waals surface area contributed by atoms with E-state index in [1.165, 1.54) is 17.6 Å². The minimum absolute atomic E-state index is 0. The van der Waals surface area contributed by atoms with Gasteiger partial charge in [0.25, 0.3) is 5.91 Å². The lowest BCUT2D eigenvalue weighted by Crippen LogP contribution is -2.43. The highest BCUT2D eigenvalue weighted by Crippen LogP contribution is 2.33. The van der Waals surface area contributed by atoms with Gasteiger partial charge >= 0.3 is 0 Å². The van der Waals surface area contributed by atoms with E-state index in [9.17, 15) is 13.2 Å². The molecule has 0 saturated carbocycles. The monoisotopic (exact) mass is 495 g/mol.